The zero-order valence-electron chi connectivity index (χ0n) is 10.3. The molecule has 1 aromatic rings. The summed E-state index contributed by atoms with van der Waals surface area (Å²) in [5.41, 5.74) is 0.869. The second-order valence-electron chi connectivity index (χ2n) is 3.52. The lowest BCUT2D eigenvalue weighted by atomic mass is 10.2. The smallest absolute Gasteiger partial charge is 0.119 e. The molecule has 0 saturated carbocycles. The Labute approximate surface area is 112 Å². The molecule has 1 rings (SSSR count). The monoisotopic (exact) mass is 266 g/mol. The van der Waals surface area contributed by atoms with Gasteiger partial charge in [0.2, 0.25) is 0 Å². The predicted octanol–water partition coefficient (Wildman–Crippen LogP) is 1.52. The van der Waals surface area contributed by atoms with Crippen LogP contribution in [0.4, 0.5) is 0 Å². The lowest BCUT2D eigenvalue weighted by Crippen LogP contribution is -2.01. The van der Waals surface area contributed by atoms with Crippen molar-refractivity contribution in [2.24, 2.45) is 0 Å². The number of thioether (sulfide) groups is 1. The Morgan fingerprint density at radius 3 is 2.56 bits per heavy atom. The summed E-state index contributed by atoms with van der Waals surface area (Å²) in [4.78, 5) is 0. The second-order valence-corrected chi connectivity index (χ2v) is 4.75. The van der Waals surface area contributed by atoms with E-state index in [4.69, 9.17) is 14.9 Å². The van der Waals surface area contributed by atoms with Crippen molar-refractivity contribution in [3.05, 3.63) is 29.8 Å². The molecule has 98 valence electrons. The Kier molecular flexibility index (Phi) is 8.15. The predicted molar refractivity (Wildman–Crippen MR) is 74.9 cm³/mol. The molecule has 0 bridgehead atoms. The molecule has 0 aliphatic carbocycles. The Morgan fingerprint density at radius 2 is 1.89 bits per heavy atom. The third-order valence-electron chi connectivity index (χ3n) is 2.11. The summed E-state index contributed by atoms with van der Waals surface area (Å²) in [7, 11) is 0. The summed E-state index contributed by atoms with van der Waals surface area (Å²) in [6, 6.07) is 7.49. The molecular formula is C14H18O3S. The number of hydrogen-bond acceptors (Lipinski definition) is 4. The van der Waals surface area contributed by atoms with Crippen LogP contribution < -0.4 is 4.74 Å². The van der Waals surface area contributed by atoms with Crippen LogP contribution in [0.2, 0.25) is 0 Å². The van der Waals surface area contributed by atoms with E-state index in [9.17, 15) is 0 Å². The Hall–Kier alpha value is -1.15. The largest absolute Gasteiger partial charge is 0.493 e. The minimum Gasteiger partial charge on any atom is -0.493 e. The van der Waals surface area contributed by atoms with Crippen molar-refractivity contribution in [2.75, 3.05) is 31.3 Å². The van der Waals surface area contributed by atoms with Gasteiger partial charge in [0.1, 0.15) is 12.4 Å². The number of hydrogen-bond donors (Lipinski definition) is 2. The maximum absolute atomic E-state index is 8.62. The maximum Gasteiger partial charge on any atom is 0.119 e. The number of rotatable bonds is 7. The summed E-state index contributed by atoms with van der Waals surface area (Å²) in [5.74, 6) is 8.14. The van der Waals surface area contributed by atoms with Crippen molar-refractivity contribution >= 4 is 11.8 Å². The molecule has 0 aliphatic heterocycles. The topological polar surface area (TPSA) is 49.7 Å². The minimum atomic E-state index is -0.122. The van der Waals surface area contributed by atoms with E-state index in [1.54, 1.807) is 11.8 Å². The van der Waals surface area contributed by atoms with E-state index in [1.807, 2.05) is 24.3 Å². The molecule has 1 aromatic carbocycles. The van der Waals surface area contributed by atoms with Gasteiger partial charge in [-0.3, -0.25) is 0 Å². The Bertz CT molecular complexity index is 378. The summed E-state index contributed by atoms with van der Waals surface area (Å²) in [5, 5.41) is 17.2. The first-order valence-electron chi connectivity index (χ1n) is 5.88. The SMILES string of the molecule is OCC#Cc1ccc(OCCSCCCO)cc1. The van der Waals surface area contributed by atoms with Crippen LogP contribution in [-0.4, -0.2) is 41.5 Å². The fourth-order valence-electron chi connectivity index (χ4n) is 1.26. The highest BCUT2D eigenvalue weighted by molar-refractivity contribution is 7.99. The van der Waals surface area contributed by atoms with Crippen molar-refractivity contribution in [1.82, 2.24) is 0 Å². The van der Waals surface area contributed by atoms with Gasteiger partial charge in [-0.2, -0.15) is 11.8 Å². The quantitative estimate of drug-likeness (QED) is 0.580. The molecule has 3 nitrogen and oxygen atoms in total. The van der Waals surface area contributed by atoms with Gasteiger partial charge in [0.25, 0.3) is 0 Å². The molecule has 0 heterocycles. The van der Waals surface area contributed by atoms with Gasteiger partial charge in [-0.05, 0) is 36.4 Å². The molecule has 0 amide bonds. The summed E-state index contributed by atoms with van der Waals surface area (Å²) in [6.45, 7) is 0.797. The molecular weight excluding hydrogens is 248 g/mol. The standard InChI is InChI=1S/C14H18O3S/c15-8-1-3-13-4-6-14(7-5-13)17-10-12-18-11-2-9-16/h4-7,15-16H,2,8-12H2. The number of ether oxygens (including phenoxy) is 1. The highest BCUT2D eigenvalue weighted by Gasteiger charge is 1.94. The fraction of sp³-hybridized carbons (Fsp3) is 0.429. The molecule has 2 N–H and O–H groups in total. The van der Waals surface area contributed by atoms with Gasteiger partial charge in [-0.1, -0.05) is 11.8 Å². The number of aliphatic hydroxyl groups excluding tert-OH is 2. The van der Waals surface area contributed by atoms with Crippen molar-refractivity contribution < 1.29 is 14.9 Å². The Morgan fingerprint density at radius 1 is 1.11 bits per heavy atom. The normalized spacial score (nSPS) is 9.67. The molecule has 0 saturated heterocycles. The third-order valence-corrected chi connectivity index (χ3v) is 3.14. The van der Waals surface area contributed by atoms with E-state index < -0.39 is 0 Å². The molecule has 0 radical (unpaired) electrons. The van der Waals surface area contributed by atoms with E-state index in [0.717, 1.165) is 29.2 Å². The molecule has 0 fully saturated rings. The van der Waals surface area contributed by atoms with Crippen LogP contribution in [0.15, 0.2) is 24.3 Å². The van der Waals surface area contributed by atoms with E-state index in [2.05, 4.69) is 11.8 Å². The zero-order chi connectivity index (χ0) is 13.1. The number of aliphatic hydroxyl groups is 2. The van der Waals surface area contributed by atoms with E-state index in [1.165, 1.54) is 0 Å². The van der Waals surface area contributed by atoms with Crippen LogP contribution in [0.5, 0.6) is 5.75 Å². The first-order valence-corrected chi connectivity index (χ1v) is 7.03. The third kappa shape index (κ3) is 6.55. The average molecular weight is 266 g/mol. The van der Waals surface area contributed by atoms with Crippen LogP contribution in [0.3, 0.4) is 0 Å². The van der Waals surface area contributed by atoms with Gasteiger partial charge < -0.3 is 14.9 Å². The summed E-state index contributed by atoms with van der Waals surface area (Å²) in [6.07, 6.45) is 0.836. The molecule has 0 aliphatic rings. The zero-order valence-corrected chi connectivity index (χ0v) is 11.1. The van der Waals surface area contributed by atoms with Crippen molar-refractivity contribution in [3.8, 4) is 17.6 Å². The molecule has 0 atom stereocenters. The van der Waals surface area contributed by atoms with E-state index in [0.29, 0.717) is 6.61 Å². The summed E-state index contributed by atoms with van der Waals surface area (Å²) < 4.78 is 5.56. The molecule has 0 aromatic heterocycles. The molecule has 0 unspecified atom stereocenters. The fourth-order valence-corrected chi connectivity index (χ4v) is 2.00. The van der Waals surface area contributed by atoms with Gasteiger partial charge in [0.15, 0.2) is 0 Å². The first-order chi connectivity index (χ1) is 8.86. The van der Waals surface area contributed by atoms with E-state index in [-0.39, 0.29) is 13.2 Å². The van der Waals surface area contributed by atoms with Crippen LogP contribution in [0.25, 0.3) is 0 Å². The van der Waals surface area contributed by atoms with Crippen LogP contribution in [0, 0.1) is 11.8 Å². The lowest BCUT2D eigenvalue weighted by molar-refractivity contribution is 0.296. The average Bonchev–Trinajstić information content (AvgIpc) is 2.42. The molecule has 0 spiro atoms. The van der Waals surface area contributed by atoms with Gasteiger partial charge >= 0.3 is 0 Å². The minimum absolute atomic E-state index is 0.122. The lowest BCUT2D eigenvalue weighted by Gasteiger charge is -2.05. The van der Waals surface area contributed by atoms with Crippen molar-refractivity contribution in [1.29, 1.82) is 0 Å². The summed E-state index contributed by atoms with van der Waals surface area (Å²) >= 11 is 1.78. The molecule has 4 heteroatoms. The highest BCUT2D eigenvalue weighted by Crippen LogP contribution is 2.12. The van der Waals surface area contributed by atoms with Gasteiger partial charge in [-0.15, -0.1) is 0 Å². The maximum atomic E-state index is 8.62. The van der Waals surface area contributed by atoms with Gasteiger partial charge in [0.05, 0.1) is 6.61 Å². The Balaban J connectivity index is 2.22. The van der Waals surface area contributed by atoms with Crippen LogP contribution in [0.1, 0.15) is 12.0 Å². The van der Waals surface area contributed by atoms with Gasteiger partial charge in [-0.25, -0.2) is 0 Å². The highest BCUT2D eigenvalue weighted by atomic mass is 32.2. The molecule has 18 heavy (non-hydrogen) atoms. The van der Waals surface area contributed by atoms with Crippen molar-refractivity contribution in [2.45, 2.75) is 6.42 Å². The van der Waals surface area contributed by atoms with Crippen LogP contribution >= 0.6 is 11.8 Å². The second kappa shape index (κ2) is 9.84. The first kappa shape index (κ1) is 14.9. The van der Waals surface area contributed by atoms with E-state index >= 15 is 0 Å². The van der Waals surface area contributed by atoms with Crippen LogP contribution in [-0.2, 0) is 0 Å². The van der Waals surface area contributed by atoms with Gasteiger partial charge in [0, 0.05) is 17.9 Å². The number of benzene rings is 1. The van der Waals surface area contributed by atoms with Crippen molar-refractivity contribution in [3.63, 3.8) is 0 Å².